The third-order valence-electron chi connectivity index (χ3n) is 6.61. The lowest BCUT2D eigenvalue weighted by Gasteiger charge is -2.38. The number of likely N-dealkylation sites (tertiary alicyclic amines) is 1. The molecule has 3 nitrogen and oxygen atoms in total. The zero-order valence-corrected chi connectivity index (χ0v) is 18.4. The largest absolute Gasteiger partial charge is 0.484 e. The van der Waals surface area contributed by atoms with Crippen LogP contribution in [0.5, 0.6) is 5.75 Å². The lowest BCUT2D eigenvalue weighted by Crippen LogP contribution is -2.49. The van der Waals surface area contributed by atoms with Gasteiger partial charge in [0, 0.05) is 12.6 Å². The molecule has 29 heavy (non-hydrogen) atoms. The quantitative estimate of drug-likeness (QED) is 0.794. The first-order valence-electron chi connectivity index (χ1n) is 11.2. The molecule has 2 aromatic carbocycles. The van der Waals surface area contributed by atoms with E-state index in [9.17, 15) is 0 Å². The Morgan fingerprint density at radius 1 is 1.14 bits per heavy atom. The average molecular weight is 393 g/mol. The summed E-state index contributed by atoms with van der Waals surface area (Å²) in [6.07, 6.45) is 4.47. The molecule has 1 aliphatic carbocycles. The van der Waals surface area contributed by atoms with Crippen LogP contribution in [-0.2, 0) is 18.3 Å². The first-order chi connectivity index (χ1) is 13.9. The standard InChI is InChI=1S/C26H36N2O/c1-5-18-12-13-24(22(15-18)26(2,3)4)29-25-21-11-7-6-9-19(21)16-23(25)28-14-8-10-20(27)17-28/h6-7,9,11-13,15,20,23,25H,5,8,10,14,16-17,27H2,1-4H3/t20-,23-,25-/m1/s1. The Morgan fingerprint density at radius 3 is 2.66 bits per heavy atom. The number of ether oxygens (including phenoxy) is 1. The van der Waals surface area contributed by atoms with Gasteiger partial charge in [-0.1, -0.05) is 64.1 Å². The summed E-state index contributed by atoms with van der Waals surface area (Å²) in [6, 6.07) is 16.2. The molecule has 0 aromatic heterocycles. The van der Waals surface area contributed by atoms with Crippen molar-refractivity contribution in [3.05, 3.63) is 64.7 Å². The number of nitrogens with two attached hydrogens (primary N) is 1. The number of hydrogen-bond acceptors (Lipinski definition) is 3. The Hall–Kier alpha value is -1.84. The second kappa shape index (κ2) is 8.12. The summed E-state index contributed by atoms with van der Waals surface area (Å²) in [7, 11) is 0. The molecule has 1 heterocycles. The average Bonchev–Trinajstić information content (AvgIpc) is 3.06. The molecule has 3 atom stereocenters. The normalized spacial score (nSPS) is 25.1. The van der Waals surface area contributed by atoms with Crippen molar-refractivity contribution in [3.8, 4) is 5.75 Å². The Balaban J connectivity index is 1.69. The highest BCUT2D eigenvalue weighted by atomic mass is 16.5. The van der Waals surface area contributed by atoms with E-state index in [1.807, 2.05) is 0 Å². The van der Waals surface area contributed by atoms with Crippen LogP contribution in [0, 0.1) is 0 Å². The fourth-order valence-electron chi connectivity index (χ4n) is 4.96. The molecule has 0 saturated carbocycles. The lowest BCUT2D eigenvalue weighted by molar-refractivity contribution is 0.0582. The van der Waals surface area contributed by atoms with Gasteiger partial charge in [0.2, 0.25) is 0 Å². The molecule has 0 radical (unpaired) electrons. The van der Waals surface area contributed by atoms with Gasteiger partial charge in [-0.25, -0.2) is 0 Å². The molecule has 0 unspecified atom stereocenters. The van der Waals surface area contributed by atoms with Crippen LogP contribution in [0.1, 0.15) is 68.9 Å². The Bertz CT molecular complexity index is 854. The highest BCUT2D eigenvalue weighted by molar-refractivity contribution is 5.44. The van der Waals surface area contributed by atoms with E-state index in [2.05, 4.69) is 75.1 Å². The number of piperidine rings is 1. The summed E-state index contributed by atoms with van der Waals surface area (Å²) in [5.74, 6) is 1.03. The second-order valence-electron chi connectivity index (χ2n) is 9.84. The number of hydrogen-bond donors (Lipinski definition) is 1. The number of aryl methyl sites for hydroxylation is 1. The molecule has 0 bridgehead atoms. The number of benzene rings is 2. The highest BCUT2D eigenvalue weighted by Gasteiger charge is 2.39. The topological polar surface area (TPSA) is 38.5 Å². The zero-order valence-electron chi connectivity index (χ0n) is 18.4. The van der Waals surface area contributed by atoms with Crippen LogP contribution < -0.4 is 10.5 Å². The van der Waals surface area contributed by atoms with Crippen LogP contribution in [0.15, 0.2) is 42.5 Å². The third kappa shape index (κ3) is 4.22. The molecular formula is C26H36N2O. The number of nitrogens with zero attached hydrogens (tertiary/aromatic N) is 1. The van der Waals surface area contributed by atoms with Crippen molar-refractivity contribution in [1.29, 1.82) is 0 Å². The Morgan fingerprint density at radius 2 is 1.93 bits per heavy atom. The number of rotatable bonds is 4. The molecule has 2 N–H and O–H groups in total. The van der Waals surface area contributed by atoms with Gasteiger partial charge in [0.25, 0.3) is 0 Å². The Kier molecular flexibility index (Phi) is 5.72. The van der Waals surface area contributed by atoms with Crippen molar-refractivity contribution in [1.82, 2.24) is 4.90 Å². The Labute approximate surface area is 176 Å². The van der Waals surface area contributed by atoms with Crippen molar-refractivity contribution in [2.24, 2.45) is 5.73 Å². The van der Waals surface area contributed by atoms with E-state index < -0.39 is 0 Å². The monoisotopic (exact) mass is 392 g/mol. The first-order valence-corrected chi connectivity index (χ1v) is 11.2. The van der Waals surface area contributed by atoms with Gasteiger partial charge in [0.05, 0.1) is 6.04 Å². The van der Waals surface area contributed by atoms with E-state index >= 15 is 0 Å². The van der Waals surface area contributed by atoms with Crippen LogP contribution in [0.2, 0.25) is 0 Å². The van der Waals surface area contributed by atoms with Crippen molar-refractivity contribution >= 4 is 0 Å². The maximum absolute atomic E-state index is 6.88. The van der Waals surface area contributed by atoms with Crippen molar-refractivity contribution in [2.75, 3.05) is 13.1 Å². The summed E-state index contributed by atoms with van der Waals surface area (Å²) in [5, 5.41) is 0. The summed E-state index contributed by atoms with van der Waals surface area (Å²) in [6.45, 7) is 11.1. The van der Waals surface area contributed by atoms with Crippen LogP contribution in [-0.4, -0.2) is 30.1 Å². The predicted octanol–water partition coefficient (Wildman–Crippen LogP) is 5.01. The summed E-state index contributed by atoms with van der Waals surface area (Å²) < 4.78 is 6.88. The second-order valence-corrected chi connectivity index (χ2v) is 9.84. The van der Waals surface area contributed by atoms with E-state index in [4.69, 9.17) is 10.5 Å². The van der Waals surface area contributed by atoms with Gasteiger partial charge in [-0.05, 0) is 66.0 Å². The first kappa shape index (κ1) is 20.4. The molecule has 3 heteroatoms. The van der Waals surface area contributed by atoms with Crippen molar-refractivity contribution in [2.45, 2.75) is 77.0 Å². The fraction of sp³-hybridized carbons (Fsp3) is 0.538. The van der Waals surface area contributed by atoms with Gasteiger partial charge >= 0.3 is 0 Å². The van der Waals surface area contributed by atoms with Crippen LogP contribution in [0.4, 0.5) is 0 Å². The van der Waals surface area contributed by atoms with Crippen molar-refractivity contribution < 1.29 is 4.74 Å². The maximum atomic E-state index is 6.88. The number of fused-ring (bicyclic) bond motifs is 1. The zero-order chi connectivity index (χ0) is 20.6. The fourth-order valence-corrected chi connectivity index (χ4v) is 4.96. The van der Waals surface area contributed by atoms with Crippen LogP contribution in [0.25, 0.3) is 0 Å². The van der Waals surface area contributed by atoms with Crippen LogP contribution in [0.3, 0.4) is 0 Å². The highest BCUT2D eigenvalue weighted by Crippen LogP contribution is 2.41. The summed E-state index contributed by atoms with van der Waals surface area (Å²) in [4.78, 5) is 2.58. The molecule has 1 saturated heterocycles. The van der Waals surface area contributed by atoms with Crippen molar-refractivity contribution in [3.63, 3.8) is 0 Å². The van der Waals surface area contributed by atoms with Crippen LogP contribution >= 0.6 is 0 Å². The van der Waals surface area contributed by atoms with Gasteiger partial charge in [0.15, 0.2) is 0 Å². The summed E-state index contributed by atoms with van der Waals surface area (Å²) in [5.41, 5.74) is 11.8. The predicted molar refractivity (Wildman–Crippen MR) is 121 cm³/mol. The molecule has 1 fully saturated rings. The van der Waals surface area contributed by atoms with E-state index in [-0.39, 0.29) is 17.6 Å². The molecule has 1 aliphatic heterocycles. The van der Waals surface area contributed by atoms with E-state index in [1.165, 1.54) is 28.7 Å². The molecular weight excluding hydrogens is 356 g/mol. The van der Waals surface area contributed by atoms with E-state index in [0.717, 1.165) is 38.1 Å². The van der Waals surface area contributed by atoms with Gasteiger partial charge in [-0.2, -0.15) is 0 Å². The summed E-state index contributed by atoms with van der Waals surface area (Å²) >= 11 is 0. The third-order valence-corrected chi connectivity index (χ3v) is 6.61. The minimum absolute atomic E-state index is 0.0433. The van der Waals surface area contributed by atoms with Gasteiger partial charge in [0.1, 0.15) is 11.9 Å². The molecule has 156 valence electrons. The van der Waals surface area contributed by atoms with E-state index in [1.54, 1.807) is 0 Å². The lowest BCUT2D eigenvalue weighted by atomic mass is 9.85. The van der Waals surface area contributed by atoms with E-state index in [0.29, 0.717) is 6.04 Å². The van der Waals surface area contributed by atoms with Gasteiger partial charge in [-0.3, -0.25) is 4.90 Å². The molecule has 2 aliphatic rings. The smallest absolute Gasteiger partial charge is 0.140 e. The van der Waals surface area contributed by atoms with Gasteiger partial charge in [-0.15, -0.1) is 0 Å². The minimum Gasteiger partial charge on any atom is -0.484 e. The molecule has 2 aromatic rings. The SMILES string of the molecule is CCc1ccc(O[C@@H]2c3ccccc3C[C@H]2N2CCC[C@@H](N)C2)c(C(C)(C)C)c1. The minimum atomic E-state index is 0.0433. The molecule has 0 amide bonds. The molecule has 4 rings (SSSR count). The van der Waals surface area contributed by atoms with Gasteiger partial charge < -0.3 is 10.5 Å². The maximum Gasteiger partial charge on any atom is 0.140 e. The molecule has 0 spiro atoms.